The van der Waals surface area contributed by atoms with Gasteiger partial charge in [0.2, 0.25) is 11.8 Å². The number of hydrogen-bond acceptors (Lipinski definition) is 8. The van der Waals surface area contributed by atoms with E-state index in [2.05, 4.69) is 44.2 Å². The summed E-state index contributed by atoms with van der Waals surface area (Å²) in [7, 11) is 3.08. The molecule has 0 amide bonds. The van der Waals surface area contributed by atoms with Gasteiger partial charge in [0, 0.05) is 48.8 Å². The van der Waals surface area contributed by atoms with Gasteiger partial charge in [-0.2, -0.15) is 9.97 Å². The number of aryl methyl sites for hydroxylation is 2. The highest BCUT2D eigenvalue weighted by atomic mass is 16.5. The number of pyridine rings is 2. The summed E-state index contributed by atoms with van der Waals surface area (Å²) in [5.41, 5.74) is 9.44. The lowest BCUT2D eigenvalue weighted by molar-refractivity contribution is 0.0885. The number of hydrogen-bond donors (Lipinski definition) is 0. The van der Waals surface area contributed by atoms with Crippen LogP contribution >= 0.6 is 0 Å². The molecule has 0 aliphatic carbocycles. The summed E-state index contributed by atoms with van der Waals surface area (Å²) in [5, 5.41) is 0. The SMILES string of the molecule is COc1nc2cc(-c3cccnc3)ccc2n1C(=O)CCCc1ccccc1.COc1nc2ccc(-c3cccnc3)cc2n1C(=O)CCCc1ccccc1. The van der Waals surface area contributed by atoms with Crippen molar-refractivity contribution in [1.29, 1.82) is 0 Å². The van der Waals surface area contributed by atoms with Crippen LogP contribution in [0.4, 0.5) is 0 Å². The molecular formula is C46H42N6O4. The third kappa shape index (κ3) is 8.71. The van der Waals surface area contributed by atoms with Gasteiger partial charge in [-0.3, -0.25) is 19.6 Å². The lowest BCUT2D eigenvalue weighted by Crippen LogP contribution is -2.12. The zero-order valence-electron chi connectivity index (χ0n) is 31.4. The molecule has 10 nitrogen and oxygen atoms in total. The Morgan fingerprint density at radius 3 is 1.54 bits per heavy atom. The van der Waals surface area contributed by atoms with Crippen LogP contribution in [0.15, 0.2) is 146 Å². The van der Waals surface area contributed by atoms with Gasteiger partial charge in [0.25, 0.3) is 0 Å². The third-order valence-corrected chi connectivity index (χ3v) is 9.50. The number of carbonyl (C=O) groups is 2. The first-order valence-corrected chi connectivity index (χ1v) is 18.6. The van der Waals surface area contributed by atoms with Crippen molar-refractivity contribution in [3.63, 3.8) is 0 Å². The van der Waals surface area contributed by atoms with Crippen molar-refractivity contribution in [2.24, 2.45) is 0 Å². The summed E-state index contributed by atoms with van der Waals surface area (Å²) >= 11 is 0. The molecular weight excluding hydrogens is 701 g/mol. The minimum atomic E-state index is -0.0152. The molecule has 0 aliphatic rings. The number of rotatable bonds is 12. The highest BCUT2D eigenvalue weighted by molar-refractivity contribution is 5.95. The number of nitrogens with zero attached hydrogens (tertiary/aromatic N) is 6. The van der Waals surface area contributed by atoms with Crippen molar-refractivity contribution in [3.8, 4) is 34.3 Å². The summed E-state index contributed by atoms with van der Waals surface area (Å²) in [6.07, 6.45) is 11.2. The molecule has 0 fully saturated rings. The predicted octanol–water partition coefficient (Wildman–Crippen LogP) is 9.54. The smallest absolute Gasteiger partial charge is 0.304 e. The molecule has 56 heavy (non-hydrogen) atoms. The van der Waals surface area contributed by atoms with Crippen molar-refractivity contribution in [1.82, 2.24) is 29.1 Å². The van der Waals surface area contributed by atoms with Crippen LogP contribution in [0.3, 0.4) is 0 Å². The summed E-state index contributed by atoms with van der Waals surface area (Å²) in [6, 6.07) is 40.5. The van der Waals surface area contributed by atoms with Crippen molar-refractivity contribution in [3.05, 3.63) is 157 Å². The summed E-state index contributed by atoms with van der Waals surface area (Å²) in [6.45, 7) is 0. The summed E-state index contributed by atoms with van der Waals surface area (Å²) in [4.78, 5) is 43.1. The first-order chi connectivity index (χ1) is 27.5. The molecule has 8 aromatic rings. The van der Waals surface area contributed by atoms with E-state index in [9.17, 15) is 9.59 Å². The molecule has 0 spiro atoms. The molecule has 280 valence electrons. The largest absolute Gasteiger partial charge is 0.468 e. The molecule has 0 radical (unpaired) electrons. The highest BCUT2D eigenvalue weighted by Crippen LogP contribution is 2.29. The zero-order chi connectivity index (χ0) is 38.7. The monoisotopic (exact) mass is 742 g/mol. The standard InChI is InChI=1S/2C23H21N3O2/c1-28-23-25-20-15-18(19-10-6-14-24-16-19)12-13-21(20)26(23)22(27)11-5-9-17-7-3-2-4-8-17;1-28-23-25-20-13-12-18(19-10-6-14-24-16-19)15-21(20)26(23)22(27)11-5-9-17-7-3-2-4-8-17/h2*2-4,6-8,10,12-16H,5,9,11H2,1H3. The van der Waals surface area contributed by atoms with Gasteiger partial charge in [0.05, 0.1) is 36.3 Å². The molecule has 4 aromatic carbocycles. The number of imidazole rings is 2. The highest BCUT2D eigenvalue weighted by Gasteiger charge is 2.19. The summed E-state index contributed by atoms with van der Waals surface area (Å²) in [5.74, 6) is -0.0250. The zero-order valence-corrected chi connectivity index (χ0v) is 31.4. The number of methoxy groups -OCH3 is 2. The molecule has 4 aromatic heterocycles. The second-order valence-electron chi connectivity index (χ2n) is 13.2. The van der Waals surface area contributed by atoms with Crippen molar-refractivity contribution in [2.45, 2.75) is 38.5 Å². The lowest BCUT2D eigenvalue weighted by Gasteiger charge is -2.08. The Bertz CT molecular complexity index is 2530. The van der Waals surface area contributed by atoms with Crippen LogP contribution in [0.1, 0.15) is 46.4 Å². The van der Waals surface area contributed by atoms with Crippen LogP contribution in [-0.2, 0) is 12.8 Å². The van der Waals surface area contributed by atoms with Gasteiger partial charge in [0.1, 0.15) is 0 Å². The van der Waals surface area contributed by atoms with E-state index in [1.807, 2.05) is 103 Å². The maximum atomic E-state index is 13.0. The van der Waals surface area contributed by atoms with Crippen LogP contribution in [-0.4, -0.2) is 55.1 Å². The first kappa shape index (κ1) is 37.4. The molecule has 0 saturated carbocycles. The molecule has 0 saturated heterocycles. The Labute approximate surface area is 325 Å². The van der Waals surface area contributed by atoms with Gasteiger partial charge >= 0.3 is 12.0 Å². The van der Waals surface area contributed by atoms with Crippen LogP contribution < -0.4 is 9.47 Å². The Kier molecular flexibility index (Phi) is 12.0. The number of carbonyl (C=O) groups excluding carboxylic acids is 2. The van der Waals surface area contributed by atoms with E-state index in [1.54, 1.807) is 27.7 Å². The van der Waals surface area contributed by atoms with Gasteiger partial charge in [-0.05, 0) is 84.3 Å². The fraction of sp³-hybridized carbons (Fsp3) is 0.174. The van der Waals surface area contributed by atoms with Gasteiger partial charge < -0.3 is 9.47 Å². The van der Waals surface area contributed by atoms with Crippen LogP contribution in [0.2, 0.25) is 0 Å². The molecule has 10 heteroatoms. The van der Waals surface area contributed by atoms with E-state index in [0.29, 0.717) is 24.9 Å². The van der Waals surface area contributed by atoms with E-state index in [0.717, 1.165) is 70.0 Å². The second kappa shape index (κ2) is 17.9. The Morgan fingerprint density at radius 1 is 0.518 bits per heavy atom. The number of benzene rings is 4. The molecule has 0 aliphatic heterocycles. The van der Waals surface area contributed by atoms with E-state index in [1.165, 1.54) is 25.3 Å². The van der Waals surface area contributed by atoms with Crippen molar-refractivity contribution < 1.29 is 19.1 Å². The van der Waals surface area contributed by atoms with Crippen molar-refractivity contribution in [2.75, 3.05) is 14.2 Å². The predicted molar refractivity (Wildman–Crippen MR) is 219 cm³/mol. The van der Waals surface area contributed by atoms with Gasteiger partial charge in [0.15, 0.2) is 0 Å². The maximum Gasteiger partial charge on any atom is 0.304 e. The van der Waals surface area contributed by atoms with E-state index in [4.69, 9.17) is 9.47 Å². The van der Waals surface area contributed by atoms with E-state index in [-0.39, 0.29) is 11.8 Å². The number of ether oxygens (including phenoxy) is 2. The van der Waals surface area contributed by atoms with Crippen LogP contribution in [0.25, 0.3) is 44.3 Å². The molecule has 8 rings (SSSR count). The number of aromatic nitrogens is 6. The normalized spacial score (nSPS) is 10.9. The molecule has 0 bridgehead atoms. The minimum absolute atomic E-state index is 0.00981. The Hall–Kier alpha value is -6.94. The lowest BCUT2D eigenvalue weighted by atomic mass is 10.1. The molecule has 0 atom stereocenters. The van der Waals surface area contributed by atoms with E-state index >= 15 is 0 Å². The van der Waals surface area contributed by atoms with Crippen molar-refractivity contribution >= 4 is 33.9 Å². The molecule has 0 unspecified atom stereocenters. The average molecular weight is 743 g/mol. The summed E-state index contributed by atoms with van der Waals surface area (Å²) < 4.78 is 13.9. The van der Waals surface area contributed by atoms with Crippen LogP contribution in [0, 0.1) is 0 Å². The quantitative estimate of drug-likeness (QED) is 0.122. The minimum Gasteiger partial charge on any atom is -0.468 e. The first-order valence-electron chi connectivity index (χ1n) is 18.6. The fourth-order valence-electron chi connectivity index (χ4n) is 6.69. The molecule has 0 N–H and O–H groups in total. The van der Waals surface area contributed by atoms with Crippen LogP contribution in [0.5, 0.6) is 12.0 Å². The Balaban J connectivity index is 0.000000172. The average Bonchev–Trinajstić information content (AvgIpc) is 3.83. The third-order valence-electron chi connectivity index (χ3n) is 9.50. The topological polar surface area (TPSA) is 114 Å². The Morgan fingerprint density at radius 2 is 1.02 bits per heavy atom. The van der Waals surface area contributed by atoms with E-state index < -0.39 is 0 Å². The van der Waals surface area contributed by atoms with Gasteiger partial charge in [-0.1, -0.05) is 84.9 Å². The molecule has 4 heterocycles. The number of fused-ring (bicyclic) bond motifs is 2. The van der Waals surface area contributed by atoms with Gasteiger partial charge in [-0.25, -0.2) is 9.13 Å². The second-order valence-corrected chi connectivity index (χ2v) is 13.2. The maximum absolute atomic E-state index is 13.0. The van der Waals surface area contributed by atoms with Gasteiger partial charge in [-0.15, -0.1) is 0 Å². The fourth-order valence-corrected chi connectivity index (χ4v) is 6.69.